The number of piperazine rings is 1. The van der Waals surface area contributed by atoms with Crippen molar-refractivity contribution in [2.75, 3.05) is 29.9 Å². The molecular formula is C27H23F4N5O. The van der Waals surface area contributed by atoms with Crippen LogP contribution in [-0.2, 0) is 6.18 Å². The number of rotatable bonds is 3. The van der Waals surface area contributed by atoms with Gasteiger partial charge < -0.3 is 15.1 Å². The van der Waals surface area contributed by atoms with Gasteiger partial charge in [-0.05, 0) is 55.5 Å². The normalized spacial score (nSPS) is 16.2. The van der Waals surface area contributed by atoms with Crippen LogP contribution < -0.4 is 10.2 Å². The lowest BCUT2D eigenvalue weighted by atomic mass is 10.0. The molecule has 0 aliphatic carbocycles. The fourth-order valence-corrected chi connectivity index (χ4v) is 4.53. The fourth-order valence-electron chi connectivity index (χ4n) is 4.53. The maximum atomic E-state index is 13.4. The number of halogens is 4. The summed E-state index contributed by atoms with van der Waals surface area (Å²) in [6.07, 6.45) is -4.43. The van der Waals surface area contributed by atoms with Gasteiger partial charge in [-0.2, -0.15) is 13.2 Å². The summed E-state index contributed by atoms with van der Waals surface area (Å²) in [5.74, 6) is 0.364. The Morgan fingerprint density at radius 2 is 1.59 bits per heavy atom. The van der Waals surface area contributed by atoms with Crippen molar-refractivity contribution in [1.29, 1.82) is 0 Å². The lowest BCUT2D eigenvalue weighted by Gasteiger charge is -2.40. The number of hydrogen-bond acceptors (Lipinski definition) is 4. The number of anilines is 2. The third-order valence-corrected chi connectivity index (χ3v) is 6.44. The predicted molar refractivity (Wildman–Crippen MR) is 134 cm³/mol. The Morgan fingerprint density at radius 1 is 0.919 bits per heavy atom. The van der Waals surface area contributed by atoms with E-state index in [4.69, 9.17) is 0 Å². The molecule has 0 radical (unpaired) electrons. The molecule has 1 aliphatic heterocycles. The third kappa shape index (κ3) is 5.04. The molecule has 1 unspecified atom stereocenters. The monoisotopic (exact) mass is 509 g/mol. The Labute approximate surface area is 210 Å². The number of nitrogens with zero attached hydrogens (tertiary/aromatic N) is 4. The zero-order valence-electron chi connectivity index (χ0n) is 19.8. The Balaban J connectivity index is 1.32. The summed E-state index contributed by atoms with van der Waals surface area (Å²) in [5, 5.41) is 13.4. The van der Waals surface area contributed by atoms with Crippen LogP contribution in [0.15, 0.2) is 72.8 Å². The van der Waals surface area contributed by atoms with Crippen molar-refractivity contribution in [1.82, 2.24) is 15.1 Å². The molecule has 2 heterocycles. The van der Waals surface area contributed by atoms with Crippen molar-refractivity contribution in [3.63, 3.8) is 0 Å². The number of benzene rings is 3. The number of amides is 2. The number of alkyl halides is 3. The molecule has 37 heavy (non-hydrogen) atoms. The maximum absolute atomic E-state index is 13.4. The van der Waals surface area contributed by atoms with Gasteiger partial charge in [0.1, 0.15) is 11.5 Å². The second kappa shape index (κ2) is 9.68. The van der Waals surface area contributed by atoms with E-state index in [-0.39, 0.29) is 17.9 Å². The Bertz CT molecular complexity index is 1420. The molecular weight excluding hydrogens is 486 g/mol. The largest absolute Gasteiger partial charge is 0.416 e. The average molecular weight is 510 g/mol. The van der Waals surface area contributed by atoms with Gasteiger partial charge in [-0.3, -0.25) is 0 Å². The molecule has 1 aliphatic rings. The molecule has 3 aromatic carbocycles. The second-order valence-electron chi connectivity index (χ2n) is 8.92. The third-order valence-electron chi connectivity index (χ3n) is 6.44. The summed E-state index contributed by atoms with van der Waals surface area (Å²) >= 11 is 0. The van der Waals surface area contributed by atoms with E-state index in [1.54, 1.807) is 17.0 Å². The Kier molecular flexibility index (Phi) is 6.41. The molecule has 0 spiro atoms. The molecule has 4 aromatic rings. The average Bonchev–Trinajstić information content (AvgIpc) is 2.88. The quantitative estimate of drug-likeness (QED) is 0.334. The molecule has 10 heteroatoms. The predicted octanol–water partition coefficient (Wildman–Crippen LogP) is 6.20. The molecule has 190 valence electrons. The maximum Gasteiger partial charge on any atom is 0.416 e. The van der Waals surface area contributed by atoms with E-state index in [9.17, 15) is 22.4 Å². The highest BCUT2D eigenvalue weighted by Crippen LogP contribution is 2.33. The van der Waals surface area contributed by atoms with E-state index in [0.717, 1.165) is 28.5 Å². The van der Waals surface area contributed by atoms with Crippen molar-refractivity contribution < 1.29 is 22.4 Å². The minimum absolute atomic E-state index is 0.194. The van der Waals surface area contributed by atoms with Crippen LogP contribution in [0.3, 0.4) is 0 Å². The fraction of sp³-hybridized carbons (Fsp3) is 0.222. The van der Waals surface area contributed by atoms with Crippen molar-refractivity contribution in [2.24, 2.45) is 0 Å². The van der Waals surface area contributed by atoms with E-state index in [1.807, 2.05) is 31.2 Å². The zero-order chi connectivity index (χ0) is 26.2. The molecule has 0 saturated carbocycles. The first kappa shape index (κ1) is 24.5. The number of aromatic nitrogens is 2. The first-order valence-electron chi connectivity index (χ1n) is 11.7. The highest BCUT2D eigenvalue weighted by atomic mass is 19.4. The standard InChI is InChI=1S/C27H23F4N5O/c1-17-16-35(14-15-36(17)26(37)32-21-12-8-19(9-13-21)27(29,30)31)25-23-5-3-2-4-22(23)24(33-34-25)18-6-10-20(28)11-7-18/h2-13,17H,14-16H2,1H3,(H,32,37). The number of carbonyl (C=O) groups is 1. The van der Waals surface area contributed by atoms with Gasteiger partial charge in [0.2, 0.25) is 0 Å². The smallest absolute Gasteiger partial charge is 0.351 e. The van der Waals surface area contributed by atoms with Gasteiger partial charge in [0, 0.05) is 47.7 Å². The van der Waals surface area contributed by atoms with Gasteiger partial charge in [-0.1, -0.05) is 24.3 Å². The first-order chi connectivity index (χ1) is 17.7. The SMILES string of the molecule is CC1CN(c2nnc(-c3ccc(F)cc3)c3ccccc23)CCN1C(=O)Nc1ccc(C(F)(F)F)cc1. The van der Waals surface area contributed by atoms with Crippen LogP contribution in [0.25, 0.3) is 22.0 Å². The summed E-state index contributed by atoms with van der Waals surface area (Å²) in [4.78, 5) is 16.6. The molecule has 1 fully saturated rings. The van der Waals surface area contributed by atoms with Gasteiger partial charge in [-0.15, -0.1) is 10.2 Å². The van der Waals surface area contributed by atoms with Crippen LogP contribution in [0.2, 0.25) is 0 Å². The molecule has 0 bridgehead atoms. The van der Waals surface area contributed by atoms with Gasteiger partial charge >= 0.3 is 12.2 Å². The van der Waals surface area contributed by atoms with Crippen LogP contribution in [0, 0.1) is 5.82 Å². The minimum atomic E-state index is -4.43. The minimum Gasteiger partial charge on any atom is -0.351 e. The van der Waals surface area contributed by atoms with E-state index in [1.165, 1.54) is 24.3 Å². The topological polar surface area (TPSA) is 61.4 Å². The highest BCUT2D eigenvalue weighted by Gasteiger charge is 2.31. The van der Waals surface area contributed by atoms with Crippen molar-refractivity contribution >= 4 is 28.3 Å². The number of urea groups is 1. The summed E-state index contributed by atoms with van der Waals surface area (Å²) in [6, 6.07) is 17.6. The van der Waals surface area contributed by atoms with Crippen LogP contribution >= 0.6 is 0 Å². The highest BCUT2D eigenvalue weighted by molar-refractivity contribution is 6.00. The van der Waals surface area contributed by atoms with E-state index >= 15 is 0 Å². The van der Waals surface area contributed by atoms with Crippen LogP contribution in [0.4, 0.5) is 33.9 Å². The summed E-state index contributed by atoms with van der Waals surface area (Å²) < 4.78 is 51.8. The molecule has 1 atom stereocenters. The first-order valence-corrected chi connectivity index (χ1v) is 11.7. The van der Waals surface area contributed by atoms with E-state index in [2.05, 4.69) is 20.4 Å². The second-order valence-corrected chi connectivity index (χ2v) is 8.92. The molecule has 6 nitrogen and oxygen atoms in total. The van der Waals surface area contributed by atoms with Crippen molar-refractivity contribution in [3.05, 3.63) is 84.2 Å². The molecule has 1 N–H and O–H groups in total. The zero-order valence-corrected chi connectivity index (χ0v) is 19.8. The van der Waals surface area contributed by atoms with E-state index < -0.39 is 11.7 Å². The Hall–Kier alpha value is -4.21. The van der Waals surface area contributed by atoms with E-state index in [0.29, 0.717) is 36.8 Å². The van der Waals surface area contributed by atoms with Gasteiger partial charge in [0.15, 0.2) is 5.82 Å². The van der Waals surface area contributed by atoms with Gasteiger partial charge in [-0.25, -0.2) is 9.18 Å². The molecule has 1 aromatic heterocycles. The van der Waals surface area contributed by atoms with Crippen LogP contribution in [-0.4, -0.2) is 46.8 Å². The van der Waals surface area contributed by atoms with Gasteiger partial charge in [0.25, 0.3) is 0 Å². The van der Waals surface area contributed by atoms with Crippen LogP contribution in [0.1, 0.15) is 12.5 Å². The number of fused-ring (bicyclic) bond motifs is 1. The van der Waals surface area contributed by atoms with Crippen LogP contribution in [0.5, 0.6) is 0 Å². The Morgan fingerprint density at radius 3 is 2.24 bits per heavy atom. The van der Waals surface area contributed by atoms with Crippen molar-refractivity contribution in [3.8, 4) is 11.3 Å². The number of hydrogen-bond donors (Lipinski definition) is 1. The molecule has 1 saturated heterocycles. The number of carbonyl (C=O) groups excluding carboxylic acids is 1. The lowest BCUT2D eigenvalue weighted by Crippen LogP contribution is -2.55. The summed E-state index contributed by atoms with van der Waals surface area (Å²) in [7, 11) is 0. The lowest BCUT2D eigenvalue weighted by molar-refractivity contribution is -0.137. The number of nitrogens with one attached hydrogen (secondary N) is 1. The molecule has 2 amide bonds. The molecule has 5 rings (SSSR count). The summed E-state index contributed by atoms with van der Waals surface area (Å²) in [5.41, 5.74) is 0.934. The van der Waals surface area contributed by atoms with Gasteiger partial charge in [0.05, 0.1) is 5.56 Å². The summed E-state index contributed by atoms with van der Waals surface area (Å²) in [6.45, 7) is 3.29. The van der Waals surface area contributed by atoms with Crippen molar-refractivity contribution in [2.45, 2.75) is 19.1 Å².